The zero-order valence-corrected chi connectivity index (χ0v) is 15.5. The van der Waals surface area contributed by atoms with Crippen molar-refractivity contribution in [1.29, 1.82) is 0 Å². The van der Waals surface area contributed by atoms with Crippen molar-refractivity contribution >= 4 is 33.0 Å². The van der Waals surface area contributed by atoms with Gasteiger partial charge in [0.15, 0.2) is 9.84 Å². The number of hydrogen-bond donors (Lipinski definition) is 1. The second-order valence-electron chi connectivity index (χ2n) is 6.11. The molecule has 0 fully saturated rings. The molecule has 1 atom stereocenters. The Balaban J connectivity index is 2.09. The molecule has 2 aromatic rings. The van der Waals surface area contributed by atoms with Crippen molar-refractivity contribution in [1.82, 2.24) is 0 Å². The van der Waals surface area contributed by atoms with Crippen LogP contribution in [0.2, 0.25) is 5.02 Å². The standard InChI is InChI=1S/C17H14ClF3N2O3S/c1-27(25,26)14-7-5-13(6-8-14)23-10-16(24,17(19,20)21)22-15(23)11-3-2-4-12(18)9-11/h2-9,24H,10H2,1H3. The van der Waals surface area contributed by atoms with Crippen molar-refractivity contribution in [3.63, 3.8) is 0 Å². The lowest BCUT2D eigenvalue weighted by Gasteiger charge is -2.25. The van der Waals surface area contributed by atoms with Crippen molar-refractivity contribution in [3.8, 4) is 0 Å². The molecular formula is C17H14ClF3N2O3S. The third-order valence-electron chi connectivity index (χ3n) is 4.04. The lowest BCUT2D eigenvalue weighted by atomic mass is 10.1. The average Bonchev–Trinajstić information content (AvgIpc) is 2.93. The number of aliphatic hydroxyl groups is 1. The summed E-state index contributed by atoms with van der Waals surface area (Å²) in [5.41, 5.74) is -2.75. The lowest BCUT2D eigenvalue weighted by molar-refractivity contribution is -0.249. The molecule has 1 heterocycles. The van der Waals surface area contributed by atoms with Crippen molar-refractivity contribution in [2.75, 3.05) is 17.7 Å². The molecule has 0 amide bonds. The Bertz CT molecular complexity index is 1010. The Morgan fingerprint density at radius 1 is 1.19 bits per heavy atom. The summed E-state index contributed by atoms with van der Waals surface area (Å²) >= 11 is 5.92. The van der Waals surface area contributed by atoms with E-state index in [-0.39, 0.29) is 22.0 Å². The van der Waals surface area contributed by atoms with Crippen LogP contribution in [0.5, 0.6) is 0 Å². The number of halogens is 4. The zero-order valence-electron chi connectivity index (χ0n) is 13.9. The number of aliphatic imine (C=N–C) groups is 1. The molecule has 0 saturated carbocycles. The molecule has 1 aliphatic heterocycles. The molecule has 0 aliphatic carbocycles. The second kappa shape index (κ2) is 6.50. The summed E-state index contributed by atoms with van der Waals surface area (Å²) < 4.78 is 63.2. The van der Waals surface area contributed by atoms with Crippen LogP contribution in [0.3, 0.4) is 0 Å². The fraction of sp³-hybridized carbons (Fsp3) is 0.235. The van der Waals surface area contributed by atoms with Crippen molar-refractivity contribution < 1.29 is 26.7 Å². The van der Waals surface area contributed by atoms with E-state index < -0.39 is 28.3 Å². The summed E-state index contributed by atoms with van der Waals surface area (Å²) in [7, 11) is -3.46. The second-order valence-corrected chi connectivity index (χ2v) is 8.56. The Hall–Kier alpha value is -2.10. The van der Waals surface area contributed by atoms with Gasteiger partial charge in [0.1, 0.15) is 5.84 Å². The van der Waals surface area contributed by atoms with E-state index in [2.05, 4.69) is 4.99 Å². The highest BCUT2D eigenvalue weighted by atomic mass is 35.5. The number of sulfone groups is 1. The fourth-order valence-corrected chi connectivity index (χ4v) is 3.47. The highest BCUT2D eigenvalue weighted by Crippen LogP contribution is 2.39. The zero-order chi connectivity index (χ0) is 20.0. The van der Waals surface area contributed by atoms with Crippen LogP contribution in [0.1, 0.15) is 5.56 Å². The number of alkyl halides is 3. The van der Waals surface area contributed by atoms with Crippen LogP contribution in [-0.2, 0) is 9.84 Å². The van der Waals surface area contributed by atoms with Crippen LogP contribution in [-0.4, -0.2) is 44.1 Å². The highest BCUT2D eigenvalue weighted by molar-refractivity contribution is 7.90. The molecule has 2 aromatic carbocycles. The van der Waals surface area contributed by atoms with Crippen LogP contribution in [0.25, 0.3) is 0 Å². The molecule has 0 aromatic heterocycles. The summed E-state index contributed by atoms with van der Waals surface area (Å²) in [5.74, 6) is -0.121. The first kappa shape index (κ1) is 19.7. The fourth-order valence-electron chi connectivity index (χ4n) is 2.65. The van der Waals surface area contributed by atoms with Gasteiger partial charge in [0, 0.05) is 22.5 Å². The minimum Gasteiger partial charge on any atom is -0.361 e. The van der Waals surface area contributed by atoms with Gasteiger partial charge in [0.05, 0.1) is 11.4 Å². The number of benzene rings is 2. The molecule has 1 unspecified atom stereocenters. The minimum absolute atomic E-state index is 0.0257. The van der Waals surface area contributed by atoms with E-state index in [1.807, 2.05) is 0 Å². The Morgan fingerprint density at radius 3 is 2.33 bits per heavy atom. The van der Waals surface area contributed by atoms with E-state index in [1.165, 1.54) is 41.3 Å². The van der Waals surface area contributed by atoms with E-state index >= 15 is 0 Å². The number of amidine groups is 1. The summed E-state index contributed by atoms with van der Waals surface area (Å²) in [5, 5.41) is 10.4. The van der Waals surface area contributed by atoms with Gasteiger partial charge in [-0.3, -0.25) is 0 Å². The monoisotopic (exact) mass is 418 g/mol. The van der Waals surface area contributed by atoms with Crippen molar-refractivity contribution in [2.24, 2.45) is 4.99 Å². The summed E-state index contributed by atoms with van der Waals surface area (Å²) in [6, 6.07) is 11.3. The third kappa shape index (κ3) is 3.80. The first-order chi connectivity index (χ1) is 12.4. The SMILES string of the molecule is CS(=O)(=O)c1ccc(N2CC(O)(C(F)(F)F)N=C2c2cccc(Cl)c2)cc1. The predicted octanol–water partition coefficient (Wildman–Crippen LogP) is 3.26. The molecule has 1 N–H and O–H groups in total. The molecule has 0 bridgehead atoms. The normalized spacial score (nSPS) is 20.7. The van der Waals surface area contributed by atoms with E-state index in [4.69, 9.17) is 11.6 Å². The Morgan fingerprint density at radius 2 is 1.81 bits per heavy atom. The van der Waals surface area contributed by atoms with Crippen LogP contribution >= 0.6 is 11.6 Å². The highest BCUT2D eigenvalue weighted by Gasteiger charge is 2.58. The summed E-state index contributed by atoms with van der Waals surface area (Å²) in [4.78, 5) is 4.73. The first-order valence-electron chi connectivity index (χ1n) is 7.63. The maximum absolute atomic E-state index is 13.3. The smallest absolute Gasteiger partial charge is 0.361 e. The molecule has 10 heteroatoms. The van der Waals surface area contributed by atoms with Crippen molar-refractivity contribution in [2.45, 2.75) is 16.8 Å². The Kier molecular flexibility index (Phi) is 4.73. The van der Waals surface area contributed by atoms with Gasteiger partial charge in [-0.1, -0.05) is 23.7 Å². The van der Waals surface area contributed by atoms with E-state index in [0.29, 0.717) is 5.02 Å². The number of β-amino-alcohol motifs (C(OH)–C–C–N with tert-alkyl or cyclic N) is 1. The quantitative estimate of drug-likeness (QED) is 0.830. The number of anilines is 1. The van der Waals surface area contributed by atoms with E-state index in [1.54, 1.807) is 12.1 Å². The van der Waals surface area contributed by atoms with Crippen LogP contribution in [0.4, 0.5) is 18.9 Å². The van der Waals surface area contributed by atoms with Gasteiger partial charge in [0.25, 0.3) is 5.72 Å². The van der Waals surface area contributed by atoms with Crippen molar-refractivity contribution in [3.05, 3.63) is 59.1 Å². The summed E-state index contributed by atoms with van der Waals surface area (Å²) in [6.45, 7) is -0.865. The van der Waals surface area contributed by atoms with E-state index in [0.717, 1.165) is 6.26 Å². The third-order valence-corrected chi connectivity index (χ3v) is 5.40. The van der Waals surface area contributed by atoms with Gasteiger partial charge in [-0.25, -0.2) is 13.4 Å². The maximum Gasteiger partial charge on any atom is 0.440 e. The average molecular weight is 419 g/mol. The molecule has 27 heavy (non-hydrogen) atoms. The molecular weight excluding hydrogens is 405 g/mol. The Labute approximate surface area is 158 Å². The molecule has 0 radical (unpaired) electrons. The van der Waals surface area contributed by atoms with Gasteiger partial charge in [-0.05, 0) is 36.4 Å². The van der Waals surface area contributed by atoms with Crippen LogP contribution in [0.15, 0.2) is 58.4 Å². The van der Waals surface area contributed by atoms with Gasteiger partial charge >= 0.3 is 6.18 Å². The maximum atomic E-state index is 13.3. The van der Waals surface area contributed by atoms with Crippen LogP contribution < -0.4 is 4.90 Å². The minimum atomic E-state index is -4.99. The molecule has 0 saturated heterocycles. The topological polar surface area (TPSA) is 70.0 Å². The van der Waals surface area contributed by atoms with Gasteiger partial charge < -0.3 is 10.0 Å². The number of nitrogens with zero attached hydrogens (tertiary/aromatic N) is 2. The molecule has 0 spiro atoms. The number of rotatable bonds is 3. The molecule has 3 rings (SSSR count). The van der Waals surface area contributed by atoms with Gasteiger partial charge in [0.2, 0.25) is 0 Å². The first-order valence-corrected chi connectivity index (χ1v) is 9.90. The van der Waals surface area contributed by atoms with E-state index in [9.17, 15) is 26.7 Å². The lowest BCUT2D eigenvalue weighted by Crippen LogP contribution is -2.47. The molecule has 144 valence electrons. The molecule has 1 aliphatic rings. The van der Waals surface area contributed by atoms with Crippen LogP contribution in [0, 0.1) is 0 Å². The molecule has 5 nitrogen and oxygen atoms in total. The van der Waals surface area contributed by atoms with Gasteiger partial charge in [-0.2, -0.15) is 13.2 Å². The van der Waals surface area contributed by atoms with Gasteiger partial charge in [-0.15, -0.1) is 0 Å². The largest absolute Gasteiger partial charge is 0.440 e. The predicted molar refractivity (Wildman–Crippen MR) is 95.9 cm³/mol. The summed E-state index contributed by atoms with van der Waals surface area (Å²) in [6.07, 6.45) is -3.96. The number of hydrogen-bond acceptors (Lipinski definition) is 5.